The molecule has 0 aliphatic carbocycles. The highest BCUT2D eigenvalue weighted by Gasteiger charge is 2.34. The quantitative estimate of drug-likeness (QED) is 0.873. The zero-order valence-corrected chi connectivity index (χ0v) is 13.5. The Morgan fingerprint density at radius 3 is 2.41 bits per heavy atom. The van der Waals surface area contributed by atoms with Gasteiger partial charge in [0.05, 0.1) is 10.9 Å². The molecule has 1 aromatic heterocycles. The van der Waals surface area contributed by atoms with Crippen LogP contribution in [0.1, 0.15) is 36.4 Å². The van der Waals surface area contributed by atoms with Gasteiger partial charge in [0.25, 0.3) is 0 Å². The molecular formula is C17H20N2O2S. The molecule has 0 N–H and O–H groups in total. The lowest BCUT2D eigenvalue weighted by atomic mass is 9.98. The first-order valence-corrected chi connectivity index (χ1v) is 9.01. The lowest BCUT2D eigenvalue weighted by Crippen LogP contribution is -2.38. The number of aryl methyl sites for hydroxylation is 1. The fourth-order valence-corrected chi connectivity index (χ4v) is 4.64. The Bertz CT molecular complexity index is 727. The van der Waals surface area contributed by atoms with Crippen molar-refractivity contribution in [2.45, 2.75) is 37.1 Å². The maximum atomic E-state index is 13.0. The minimum Gasteiger partial charge on any atom is -0.265 e. The van der Waals surface area contributed by atoms with Gasteiger partial charge in [-0.1, -0.05) is 24.1 Å². The van der Waals surface area contributed by atoms with Crippen molar-refractivity contribution in [3.8, 4) is 0 Å². The molecule has 0 spiro atoms. The first-order valence-electron chi connectivity index (χ1n) is 7.57. The van der Waals surface area contributed by atoms with E-state index in [1.54, 1.807) is 28.8 Å². The van der Waals surface area contributed by atoms with Crippen LogP contribution in [0.2, 0.25) is 0 Å². The molecule has 1 saturated heterocycles. The molecule has 0 radical (unpaired) electrons. The molecule has 5 heteroatoms. The van der Waals surface area contributed by atoms with Gasteiger partial charge in [-0.05, 0) is 49.6 Å². The van der Waals surface area contributed by atoms with E-state index in [9.17, 15) is 8.42 Å². The van der Waals surface area contributed by atoms with E-state index in [4.69, 9.17) is 0 Å². The molecule has 1 atom stereocenters. The van der Waals surface area contributed by atoms with E-state index < -0.39 is 10.0 Å². The molecule has 22 heavy (non-hydrogen) atoms. The Hall–Kier alpha value is -1.72. The van der Waals surface area contributed by atoms with Crippen LogP contribution in [0.5, 0.6) is 0 Å². The van der Waals surface area contributed by atoms with Crippen LogP contribution < -0.4 is 0 Å². The number of nitrogens with zero attached hydrogens (tertiary/aromatic N) is 2. The van der Waals surface area contributed by atoms with Gasteiger partial charge in [0.2, 0.25) is 10.0 Å². The number of hydrogen-bond donors (Lipinski definition) is 0. The molecule has 0 saturated carbocycles. The number of hydrogen-bond acceptors (Lipinski definition) is 3. The average Bonchev–Trinajstić information content (AvgIpc) is 2.56. The van der Waals surface area contributed by atoms with E-state index in [2.05, 4.69) is 4.98 Å². The van der Waals surface area contributed by atoms with Crippen molar-refractivity contribution in [2.75, 3.05) is 6.54 Å². The number of piperidine rings is 1. The number of sulfonamides is 1. The van der Waals surface area contributed by atoms with Crippen LogP contribution in [0, 0.1) is 6.92 Å². The van der Waals surface area contributed by atoms with Gasteiger partial charge in [0.1, 0.15) is 0 Å². The van der Waals surface area contributed by atoms with Gasteiger partial charge in [0, 0.05) is 18.9 Å². The minimum absolute atomic E-state index is 0.0944. The van der Waals surface area contributed by atoms with Crippen molar-refractivity contribution >= 4 is 10.0 Å². The average molecular weight is 316 g/mol. The summed E-state index contributed by atoms with van der Waals surface area (Å²) < 4.78 is 27.6. The van der Waals surface area contributed by atoms with Crippen LogP contribution in [-0.2, 0) is 10.0 Å². The Kier molecular flexibility index (Phi) is 4.27. The maximum absolute atomic E-state index is 13.0. The molecule has 1 aliphatic rings. The van der Waals surface area contributed by atoms with E-state index in [1.807, 2.05) is 31.2 Å². The number of pyridine rings is 1. The van der Waals surface area contributed by atoms with Crippen LogP contribution >= 0.6 is 0 Å². The number of benzene rings is 1. The van der Waals surface area contributed by atoms with E-state index in [-0.39, 0.29) is 6.04 Å². The van der Waals surface area contributed by atoms with Crippen LogP contribution in [0.3, 0.4) is 0 Å². The summed E-state index contributed by atoms with van der Waals surface area (Å²) in [5.74, 6) is 0. The summed E-state index contributed by atoms with van der Waals surface area (Å²) >= 11 is 0. The SMILES string of the molecule is Cc1ccc(S(=O)(=O)N2CCCC[C@@H]2c2ccncc2)cc1. The maximum Gasteiger partial charge on any atom is 0.243 e. The topological polar surface area (TPSA) is 50.3 Å². The second-order valence-corrected chi connectivity index (χ2v) is 7.61. The smallest absolute Gasteiger partial charge is 0.243 e. The van der Waals surface area contributed by atoms with Gasteiger partial charge in [-0.3, -0.25) is 4.98 Å². The van der Waals surface area contributed by atoms with E-state index in [0.717, 1.165) is 30.4 Å². The fourth-order valence-electron chi connectivity index (χ4n) is 2.96. The molecule has 116 valence electrons. The molecule has 0 unspecified atom stereocenters. The molecular weight excluding hydrogens is 296 g/mol. The zero-order chi connectivity index (χ0) is 15.6. The van der Waals surface area contributed by atoms with E-state index in [0.29, 0.717) is 11.4 Å². The van der Waals surface area contributed by atoms with Crippen LogP contribution in [0.15, 0.2) is 53.7 Å². The number of aromatic nitrogens is 1. The summed E-state index contributed by atoms with van der Waals surface area (Å²) in [6.45, 7) is 2.53. The standard InChI is InChI=1S/C17H20N2O2S/c1-14-5-7-16(8-6-14)22(20,21)19-13-3-2-4-17(19)15-9-11-18-12-10-15/h5-12,17H,2-4,13H2,1H3/t17-/m1/s1. The molecule has 2 heterocycles. The molecule has 2 aromatic rings. The summed E-state index contributed by atoms with van der Waals surface area (Å²) in [5.41, 5.74) is 2.08. The predicted octanol–water partition coefficient (Wildman–Crippen LogP) is 3.31. The summed E-state index contributed by atoms with van der Waals surface area (Å²) in [7, 11) is -3.46. The molecule has 1 aromatic carbocycles. The van der Waals surface area contributed by atoms with Crippen molar-refractivity contribution in [3.63, 3.8) is 0 Å². The zero-order valence-electron chi connectivity index (χ0n) is 12.6. The van der Waals surface area contributed by atoms with Crippen molar-refractivity contribution in [1.29, 1.82) is 0 Å². The van der Waals surface area contributed by atoms with Gasteiger partial charge in [0.15, 0.2) is 0 Å². The lowest BCUT2D eigenvalue weighted by Gasteiger charge is -2.35. The summed E-state index contributed by atoms with van der Waals surface area (Å²) in [4.78, 5) is 4.40. The predicted molar refractivity (Wildman–Crippen MR) is 85.9 cm³/mol. The largest absolute Gasteiger partial charge is 0.265 e. The van der Waals surface area contributed by atoms with Crippen LogP contribution in [-0.4, -0.2) is 24.3 Å². The Morgan fingerprint density at radius 2 is 1.73 bits per heavy atom. The fraction of sp³-hybridized carbons (Fsp3) is 0.353. The highest BCUT2D eigenvalue weighted by atomic mass is 32.2. The van der Waals surface area contributed by atoms with Gasteiger partial charge >= 0.3 is 0 Å². The van der Waals surface area contributed by atoms with Crippen molar-refractivity contribution in [2.24, 2.45) is 0 Å². The van der Waals surface area contributed by atoms with E-state index >= 15 is 0 Å². The summed E-state index contributed by atoms with van der Waals surface area (Å²) in [6.07, 6.45) is 6.26. The first kappa shape index (κ1) is 15.2. The molecule has 3 rings (SSSR count). The molecule has 1 aliphatic heterocycles. The van der Waals surface area contributed by atoms with Crippen LogP contribution in [0.4, 0.5) is 0 Å². The normalized spacial score (nSPS) is 20.0. The molecule has 0 bridgehead atoms. The van der Waals surface area contributed by atoms with Gasteiger partial charge in [-0.25, -0.2) is 8.42 Å². The highest BCUT2D eigenvalue weighted by Crippen LogP contribution is 2.35. The Labute approximate surface area is 131 Å². The molecule has 4 nitrogen and oxygen atoms in total. The first-order chi connectivity index (χ1) is 10.6. The second-order valence-electron chi connectivity index (χ2n) is 5.72. The van der Waals surface area contributed by atoms with Crippen molar-refractivity contribution in [3.05, 3.63) is 59.9 Å². The van der Waals surface area contributed by atoms with Gasteiger partial charge in [-0.15, -0.1) is 0 Å². The Balaban J connectivity index is 1.98. The summed E-state index contributed by atoms with van der Waals surface area (Å²) in [6, 6.07) is 10.8. The van der Waals surface area contributed by atoms with Crippen LogP contribution in [0.25, 0.3) is 0 Å². The summed E-state index contributed by atoms with van der Waals surface area (Å²) in [5, 5.41) is 0. The van der Waals surface area contributed by atoms with E-state index in [1.165, 1.54) is 0 Å². The monoisotopic (exact) mass is 316 g/mol. The second kappa shape index (κ2) is 6.18. The minimum atomic E-state index is -3.46. The Morgan fingerprint density at radius 1 is 1.05 bits per heavy atom. The third kappa shape index (κ3) is 2.91. The third-order valence-corrected chi connectivity index (χ3v) is 6.09. The van der Waals surface area contributed by atoms with Crippen molar-refractivity contribution in [1.82, 2.24) is 9.29 Å². The van der Waals surface area contributed by atoms with Gasteiger partial charge < -0.3 is 0 Å². The number of rotatable bonds is 3. The molecule has 1 fully saturated rings. The van der Waals surface area contributed by atoms with Crippen molar-refractivity contribution < 1.29 is 8.42 Å². The highest BCUT2D eigenvalue weighted by molar-refractivity contribution is 7.89. The third-order valence-electron chi connectivity index (χ3n) is 4.17. The van der Waals surface area contributed by atoms with Gasteiger partial charge in [-0.2, -0.15) is 4.31 Å². The molecule has 0 amide bonds. The lowest BCUT2D eigenvalue weighted by molar-refractivity contribution is 0.256.